The maximum absolute atomic E-state index is 11.4. The molecule has 1 aromatic rings. The van der Waals surface area contributed by atoms with Crippen LogP contribution in [0.4, 0.5) is 4.79 Å². The molecule has 1 amide bonds. The Balaban J connectivity index is 2.30. The summed E-state index contributed by atoms with van der Waals surface area (Å²) in [6.07, 6.45) is 0.446. The lowest BCUT2D eigenvalue weighted by molar-refractivity contribution is 0.0528. The number of benzene rings is 1. The number of nitrogens with one attached hydrogen (secondary N) is 1. The molecule has 100 valence electrons. The van der Waals surface area contributed by atoms with E-state index >= 15 is 0 Å². The van der Waals surface area contributed by atoms with Crippen molar-refractivity contribution in [1.82, 2.24) is 5.32 Å². The average Bonchev–Trinajstić information content (AvgIpc) is 2.27. The molecule has 0 bridgehead atoms. The number of hydrogen-bond donors (Lipinski definition) is 1. The van der Waals surface area contributed by atoms with Gasteiger partial charge in [0.25, 0.3) is 0 Å². The molecule has 0 aliphatic rings. The highest BCUT2D eigenvalue weighted by Gasteiger charge is 2.15. The quantitative estimate of drug-likeness (QED) is 0.862. The molecule has 1 rings (SSSR count). The molecule has 0 spiro atoms. The fourth-order valence-electron chi connectivity index (χ4n) is 1.42. The third-order valence-electron chi connectivity index (χ3n) is 2.26. The lowest BCUT2D eigenvalue weighted by Gasteiger charge is -2.19. The van der Waals surface area contributed by atoms with Gasteiger partial charge >= 0.3 is 6.09 Å². The predicted molar refractivity (Wildman–Crippen MR) is 77.0 cm³/mol. The summed E-state index contributed by atoms with van der Waals surface area (Å²) in [5, 5.41) is 3.61. The molecule has 0 unspecified atom stereocenters. The number of hydrogen-bond acceptors (Lipinski definition) is 2. The van der Waals surface area contributed by atoms with E-state index in [1.54, 1.807) is 0 Å². The summed E-state index contributed by atoms with van der Waals surface area (Å²) in [6, 6.07) is 8.32. The largest absolute Gasteiger partial charge is 0.444 e. The molecule has 0 atom stereocenters. The Morgan fingerprint density at radius 1 is 1.22 bits per heavy atom. The van der Waals surface area contributed by atoms with E-state index in [1.807, 2.05) is 20.8 Å². The first-order chi connectivity index (χ1) is 8.40. The van der Waals surface area contributed by atoms with Crippen molar-refractivity contribution in [2.24, 2.45) is 0 Å². The number of amides is 1. The zero-order chi connectivity index (χ0) is 13.6. The second-order valence-electron chi connectivity index (χ2n) is 5.13. The normalized spacial score (nSPS) is 11.1. The molecule has 4 heteroatoms. The Bertz CT molecular complexity index is 382. The van der Waals surface area contributed by atoms with Crippen LogP contribution in [0.25, 0.3) is 0 Å². The summed E-state index contributed by atoms with van der Waals surface area (Å²) in [4.78, 5) is 11.4. The summed E-state index contributed by atoms with van der Waals surface area (Å²) < 4.78 is 5.16. The van der Waals surface area contributed by atoms with Crippen molar-refractivity contribution in [3.63, 3.8) is 0 Å². The minimum atomic E-state index is -0.443. The van der Waals surface area contributed by atoms with Gasteiger partial charge in [0.2, 0.25) is 0 Å². The second-order valence-corrected chi connectivity index (χ2v) is 5.69. The molecule has 1 N–H and O–H groups in total. The minimum absolute atomic E-state index is 0.362. The maximum Gasteiger partial charge on any atom is 0.407 e. The summed E-state index contributed by atoms with van der Waals surface area (Å²) in [5.41, 5.74) is 2.01. The topological polar surface area (TPSA) is 38.3 Å². The van der Waals surface area contributed by atoms with E-state index in [1.165, 1.54) is 11.1 Å². The first-order valence-corrected chi connectivity index (χ1v) is 7.13. The van der Waals surface area contributed by atoms with Crippen LogP contribution in [0.15, 0.2) is 24.3 Å². The summed E-state index contributed by atoms with van der Waals surface area (Å²) in [6.45, 7) is 6.14. The number of alkyl halides is 1. The minimum Gasteiger partial charge on any atom is -0.444 e. The molecule has 0 saturated heterocycles. The van der Waals surface area contributed by atoms with Gasteiger partial charge in [0.1, 0.15) is 5.60 Å². The van der Waals surface area contributed by atoms with E-state index in [2.05, 4.69) is 45.5 Å². The molecular formula is C14H20BrNO2. The van der Waals surface area contributed by atoms with Crippen LogP contribution in [0.3, 0.4) is 0 Å². The van der Waals surface area contributed by atoms with Crippen LogP contribution >= 0.6 is 15.9 Å². The van der Waals surface area contributed by atoms with Gasteiger partial charge in [-0.05, 0) is 38.3 Å². The highest BCUT2D eigenvalue weighted by atomic mass is 79.9. The fraction of sp³-hybridized carbons (Fsp3) is 0.500. The Morgan fingerprint density at radius 2 is 1.78 bits per heavy atom. The lowest BCUT2D eigenvalue weighted by Crippen LogP contribution is -2.33. The molecule has 3 nitrogen and oxygen atoms in total. The van der Waals surface area contributed by atoms with Crippen molar-refractivity contribution in [3.05, 3.63) is 35.4 Å². The van der Waals surface area contributed by atoms with Gasteiger partial charge in [0, 0.05) is 11.9 Å². The molecule has 18 heavy (non-hydrogen) atoms. The van der Waals surface area contributed by atoms with Crippen LogP contribution in [0, 0.1) is 0 Å². The van der Waals surface area contributed by atoms with Crippen LogP contribution in [0.1, 0.15) is 31.9 Å². The van der Waals surface area contributed by atoms with E-state index < -0.39 is 5.60 Å². The molecule has 0 heterocycles. The Hall–Kier alpha value is -1.03. The Labute approximate surface area is 117 Å². The lowest BCUT2D eigenvalue weighted by atomic mass is 10.1. The van der Waals surface area contributed by atoms with Crippen molar-refractivity contribution in [1.29, 1.82) is 0 Å². The molecule has 0 aliphatic heterocycles. The molecule has 0 saturated carbocycles. The summed E-state index contributed by atoms with van der Waals surface area (Å²) in [5.74, 6) is 0. The summed E-state index contributed by atoms with van der Waals surface area (Å²) >= 11 is 3.41. The van der Waals surface area contributed by atoms with E-state index in [4.69, 9.17) is 4.74 Å². The molecule has 0 aliphatic carbocycles. The Kier molecular flexibility index (Phi) is 5.66. The first kappa shape index (κ1) is 15.0. The number of halogens is 1. The van der Waals surface area contributed by atoms with Crippen LogP contribution in [-0.4, -0.2) is 18.2 Å². The zero-order valence-corrected chi connectivity index (χ0v) is 12.7. The highest BCUT2D eigenvalue weighted by molar-refractivity contribution is 9.08. The smallest absolute Gasteiger partial charge is 0.407 e. The third kappa shape index (κ3) is 6.05. The van der Waals surface area contributed by atoms with Gasteiger partial charge in [-0.1, -0.05) is 40.2 Å². The van der Waals surface area contributed by atoms with Gasteiger partial charge in [0.05, 0.1) is 0 Å². The van der Waals surface area contributed by atoms with Gasteiger partial charge in [-0.2, -0.15) is 0 Å². The molecule has 0 aromatic heterocycles. The second kappa shape index (κ2) is 6.78. The van der Waals surface area contributed by atoms with Crippen LogP contribution in [0.5, 0.6) is 0 Å². The van der Waals surface area contributed by atoms with E-state index in [0.717, 1.165) is 11.8 Å². The van der Waals surface area contributed by atoms with E-state index in [9.17, 15) is 4.79 Å². The number of ether oxygens (including phenoxy) is 1. The van der Waals surface area contributed by atoms with Gasteiger partial charge in [0.15, 0.2) is 0 Å². The average molecular weight is 314 g/mol. The highest BCUT2D eigenvalue weighted by Crippen LogP contribution is 2.09. The number of alkyl carbamates (subject to hydrolysis) is 1. The molecule has 1 aromatic carbocycles. The predicted octanol–water partition coefficient (Wildman–Crippen LogP) is 3.65. The van der Waals surface area contributed by atoms with Crippen molar-refractivity contribution in [3.8, 4) is 0 Å². The van der Waals surface area contributed by atoms with E-state index in [-0.39, 0.29) is 6.09 Å². The van der Waals surface area contributed by atoms with Gasteiger partial charge in [-0.3, -0.25) is 0 Å². The molecule has 0 radical (unpaired) electrons. The standard InChI is InChI=1S/C14H20BrNO2/c1-14(2,3)18-13(17)16-9-8-11-4-6-12(10-15)7-5-11/h4-7H,8-10H2,1-3H3,(H,16,17). The third-order valence-corrected chi connectivity index (χ3v) is 2.91. The first-order valence-electron chi connectivity index (χ1n) is 6.01. The van der Waals surface area contributed by atoms with Crippen molar-refractivity contribution in [2.75, 3.05) is 6.54 Å². The van der Waals surface area contributed by atoms with Crippen LogP contribution in [-0.2, 0) is 16.5 Å². The van der Waals surface area contributed by atoms with Crippen molar-refractivity contribution in [2.45, 2.75) is 38.1 Å². The van der Waals surface area contributed by atoms with Gasteiger partial charge in [-0.15, -0.1) is 0 Å². The number of carbonyl (C=O) groups excluding carboxylic acids is 1. The molecule has 0 fully saturated rings. The van der Waals surface area contributed by atoms with E-state index in [0.29, 0.717) is 6.54 Å². The van der Waals surface area contributed by atoms with Crippen molar-refractivity contribution >= 4 is 22.0 Å². The zero-order valence-electron chi connectivity index (χ0n) is 11.1. The fourth-order valence-corrected chi connectivity index (χ4v) is 1.79. The van der Waals surface area contributed by atoms with Crippen LogP contribution < -0.4 is 5.32 Å². The van der Waals surface area contributed by atoms with Crippen molar-refractivity contribution < 1.29 is 9.53 Å². The monoisotopic (exact) mass is 313 g/mol. The van der Waals surface area contributed by atoms with Gasteiger partial charge < -0.3 is 10.1 Å². The van der Waals surface area contributed by atoms with Crippen LogP contribution in [0.2, 0.25) is 0 Å². The number of rotatable bonds is 4. The molecular weight excluding hydrogens is 294 g/mol. The maximum atomic E-state index is 11.4. The Morgan fingerprint density at radius 3 is 2.28 bits per heavy atom. The van der Waals surface area contributed by atoms with Gasteiger partial charge in [-0.25, -0.2) is 4.79 Å². The summed E-state index contributed by atoms with van der Waals surface area (Å²) in [7, 11) is 0. The number of carbonyl (C=O) groups is 1. The SMILES string of the molecule is CC(C)(C)OC(=O)NCCc1ccc(CBr)cc1.